The third kappa shape index (κ3) is 6.27. The summed E-state index contributed by atoms with van der Waals surface area (Å²) in [6.07, 6.45) is 1.66. The van der Waals surface area contributed by atoms with Crippen molar-refractivity contribution in [2.75, 3.05) is 13.2 Å². The second-order valence-corrected chi connectivity index (χ2v) is 6.07. The minimum absolute atomic E-state index is 0.271. The number of carbonyl (C=O) groups excluding carboxylic acids is 1. The highest BCUT2D eigenvalue weighted by Crippen LogP contribution is 2.26. The largest absolute Gasteiger partial charge is 0.492 e. The summed E-state index contributed by atoms with van der Waals surface area (Å²) in [4.78, 5) is 12.0. The molecule has 1 amide bonds. The summed E-state index contributed by atoms with van der Waals surface area (Å²) in [6.45, 7) is 8.85. The first-order valence-electron chi connectivity index (χ1n) is 6.56. The topological polar surface area (TPSA) is 50.4 Å². The van der Waals surface area contributed by atoms with Gasteiger partial charge in [-0.2, -0.15) is 0 Å². The van der Waals surface area contributed by atoms with Crippen LogP contribution in [0.5, 0.6) is 5.75 Å². The van der Waals surface area contributed by atoms with Crippen LogP contribution in [-0.4, -0.2) is 24.2 Å². The lowest BCUT2D eigenvalue weighted by atomic mass is 10.2. The van der Waals surface area contributed by atoms with Gasteiger partial charge < -0.3 is 10.1 Å². The molecule has 0 fully saturated rings. The molecule has 0 spiro atoms. The van der Waals surface area contributed by atoms with Crippen LogP contribution in [0.15, 0.2) is 35.3 Å². The van der Waals surface area contributed by atoms with E-state index in [1.165, 1.54) is 0 Å². The van der Waals surface area contributed by atoms with Crippen LogP contribution in [-0.2, 0) is 0 Å². The second kappa shape index (κ2) is 8.79. The zero-order chi connectivity index (χ0) is 15.8. The molecule has 0 atom stereocenters. The van der Waals surface area contributed by atoms with Crippen molar-refractivity contribution >= 4 is 39.2 Å². The summed E-state index contributed by atoms with van der Waals surface area (Å²) < 4.78 is 6.38. The van der Waals surface area contributed by atoms with Gasteiger partial charge in [-0.05, 0) is 52.3 Å². The highest BCUT2D eigenvalue weighted by molar-refractivity contribution is 9.10. The van der Waals surface area contributed by atoms with Gasteiger partial charge in [-0.25, -0.2) is 0 Å². The monoisotopic (exact) mass is 370 g/mol. The number of hydrogen-bond donors (Lipinski definition) is 2. The van der Waals surface area contributed by atoms with E-state index in [1.807, 2.05) is 0 Å². The average Bonchev–Trinajstić information content (AvgIpc) is 2.43. The number of rotatable bonds is 6. The fourth-order valence-corrected chi connectivity index (χ4v) is 2.07. The van der Waals surface area contributed by atoms with Crippen LogP contribution in [0.2, 0.25) is 0 Å². The molecule has 0 unspecified atom stereocenters. The molecule has 1 aromatic carbocycles. The van der Waals surface area contributed by atoms with E-state index in [9.17, 15) is 4.79 Å². The van der Waals surface area contributed by atoms with Crippen molar-refractivity contribution in [1.82, 2.24) is 10.6 Å². The van der Waals surface area contributed by atoms with Crippen molar-refractivity contribution in [3.63, 3.8) is 0 Å². The Hall–Kier alpha value is -1.40. The second-order valence-electron chi connectivity index (χ2n) is 4.80. The Labute approximate surface area is 139 Å². The zero-order valence-electron chi connectivity index (χ0n) is 12.1. The Morgan fingerprint density at radius 1 is 1.52 bits per heavy atom. The number of ether oxygens (including phenoxy) is 1. The zero-order valence-corrected chi connectivity index (χ0v) is 14.5. The van der Waals surface area contributed by atoms with Crippen molar-refractivity contribution in [2.45, 2.75) is 13.8 Å². The average molecular weight is 371 g/mol. The molecule has 0 radical (unpaired) electrons. The minimum atomic E-state index is -0.271. The molecule has 1 rings (SSSR count). The molecule has 0 bridgehead atoms. The van der Waals surface area contributed by atoms with Crippen molar-refractivity contribution in [1.29, 1.82) is 0 Å². The number of thiocarbonyl (C=S) groups is 1. The molecule has 114 valence electrons. The van der Waals surface area contributed by atoms with E-state index in [0.29, 0.717) is 30.4 Å². The minimum Gasteiger partial charge on any atom is -0.492 e. The van der Waals surface area contributed by atoms with Crippen molar-refractivity contribution in [2.24, 2.45) is 5.92 Å². The SMILES string of the molecule is C=CCNC(=S)NC(=O)c1ccc(OCC(C)C)c(Br)c1. The van der Waals surface area contributed by atoms with E-state index >= 15 is 0 Å². The molecule has 0 saturated carbocycles. The molecule has 6 heteroatoms. The summed E-state index contributed by atoms with van der Waals surface area (Å²) in [5.41, 5.74) is 0.501. The summed E-state index contributed by atoms with van der Waals surface area (Å²) in [5, 5.41) is 5.71. The van der Waals surface area contributed by atoms with Crippen LogP contribution < -0.4 is 15.4 Å². The van der Waals surface area contributed by atoms with Gasteiger partial charge in [0.15, 0.2) is 5.11 Å². The first-order chi connectivity index (χ1) is 9.93. The van der Waals surface area contributed by atoms with E-state index in [0.717, 1.165) is 4.47 Å². The normalized spacial score (nSPS) is 10.1. The maximum Gasteiger partial charge on any atom is 0.257 e. The lowest BCUT2D eigenvalue weighted by Gasteiger charge is -2.12. The Balaban J connectivity index is 2.67. The van der Waals surface area contributed by atoms with Crippen LogP contribution >= 0.6 is 28.1 Å². The molecule has 2 N–H and O–H groups in total. The van der Waals surface area contributed by atoms with Crippen LogP contribution in [0.1, 0.15) is 24.2 Å². The predicted molar refractivity (Wildman–Crippen MR) is 92.7 cm³/mol. The van der Waals surface area contributed by atoms with Gasteiger partial charge >= 0.3 is 0 Å². The van der Waals surface area contributed by atoms with Gasteiger partial charge in [-0.3, -0.25) is 10.1 Å². The first-order valence-corrected chi connectivity index (χ1v) is 7.76. The molecular weight excluding hydrogens is 352 g/mol. The highest BCUT2D eigenvalue weighted by atomic mass is 79.9. The van der Waals surface area contributed by atoms with E-state index in [-0.39, 0.29) is 11.0 Å². The Morgan fingerprint density at radius 2 is 2.24 bits per heavy atom. The quantitative estimate of drug-likeness (QED) is 0.595. The van der Waals surface area contributed by atoms with E-state index < -0.39 is 0 Å². The molecule has 1 aromatic rings. The molecular formula is C15H19BrN2O2S. The maximum absolute atomic E-state index is 12.0. The molecule has 21 heavy (non-hydrogen) atoms. The number of halogens is 1. The Bertz CT molecular complexity index is 532. The predicted octanol–water partition coefficient (Wildman–Crippen LogP) is 3.27. The smallest absolute Gasteiger partial charge is 0.257 e. The summed E-state index contributed by atoms with van der Waals surface area (Å²) in [7, 11) is 0. The van der Waals surface area contributed by atoms with Gasteiger partial charge in [0.1, 0.15) is 5.75 Å². The summed E-state index contributed by atoms with van der Waals surface area (Å²) in [6, 6.07) is 5.18. The lowest BCUT2D eigenvalue weighted by Crippen LogP contribution is -2.39. The number of hydrogen-bond acceptors (Lipinski definition) is 3. The van der Waals surface area contributed by atoms with E-state index in [4.69, 9.17) is 17.0 Å². The third-order valence-electron chi connectivity index (χ3n) is 2.40. The lowest BCUT2D eigenvalue weighted by molar-refractivity contribution is 0.0976. The van der Waals surface area contributed by atoms with Gasteiger partial charge in [-0.15, -0.1) is 6.58 Å². The fraction of sp³-hybridized carbons (Fsp3) is 0.333. The van der Waals surface area contributed by atoms with Gasteiger partial charge in [0.2, 0.25) is 0 Å². The molecule has 0 heterocycles. The highest BCUT2D eigenvalue weighted by Gasteiger charge is 2.11. The standard InChI is InChI=1S/C15H19BrN2O2S/c1-4-7-17-15(21)18-14(19)11-5-6-13(12(16)8-11)20-9-10(2)3/h4-6,8,10H,1,7,9H2,2-3H3,(H2,17,18,19,21). The van der Waals surface area contributed by atoms with E-state index in [1.54, 1.807) is 24.3 Å². The summed E-state index contributed by atoms with van der Waals surface area (Å²) in [5.74, 6) is 0.883. The molecule has 4 nitrogen and oxygen atoms in total. The van der Waals surface area contributed by atoms with Gasteiger partial charge in [0.05, 0.1) is 11.1 Å². The first kappa shape index (κ1) is 17.7. The van der Waals surface area contributed by atoms with Crippen molar-refractivity contribution < 1.29 is 9.53 Å². The molecule has 0 aliphatic carbocycles. The van der Waals surface area contributed by atoms with Crippen LogP contribution in [0.4, 0.5) is 0 Å². The number of carbonyl (C=O) groups is 1. The van der Waals surface area contributed by atoms with Gasteiger partial charge in [0, 0.05) is 12.1 Å². The molecule has 0 aromatic heterocycles. The fourth-order valence-electron chi connectivity index (χ4n) is 1.40. The Morgan fingerprint density at radius 3 is 2.81 bits per heavy atom. The van der Waals surface area contributed by atoms with Crippen LogP contribution in [0, 0.1) is 5.92 Å². The van der Waals surface area contributed by atoms with Crippen molar-refractivity contribution in [3.05, 3.63) is 40.9 Å². The molecule has 0 aliphatic heterocycles. The molecule has 0 saturated heterocycles. The maximum atomic E-state index is 12.0. The number of nitrogens with one attached hydrogen (secondary N) is 2. The van der Waals surface area contributed by atoms with Crippen LogP contribution in [0.3, 0.4) is 0 Å². The number of benzene rings is 1. The van der Waals surface area contributed by atoms with Crippen molar-refractivity contribution in [3.8, 4) is 5.75 Å². The summed E-state index contributed by atoms with van der Waals surface area (Å²) >= 11 is 8.40. The number of amides is 1. The van der Waals surface area contributed by atoms with Gasteiger partial charge in [-0.1, -0.05) is 19.9 Å². The van der Waals surface area contributed by atoms with Gasteiger partial charge in [0.25, 0.3) is 5.91 Å². The van der Waals surface area contributed by atoms with E-state index in [2.05, 4.69) is 47.0 Å². The molecule has 0 aliphatic rings. The third-order valence-corrected chi connectivity index (χ3v) is 3.27. The Kier molecular flexibility index (Phi) is 7.39. The van der Waals surface area contributed by atoms with Crippen LogP contribution in [0.25, 0.3) is 0 Å².